The summed E-state index contributed by atoms with van der Waals surface area (Å²) in [7, 11) is 0. The number of hydrogen-bond acceptors (Lipinski definition) is 5. The molecule has 1 saturated carbocycles. The normalized spacial score (nSPS) is 18.0. The van der Waals surface area contributed by atoms with E-state index in [1.807, 2.05) is 30.3 Å². The number of likely N-dealkylation sites (tertiary alicyclic amines) is 1. The number of halogens is 1. The van der Waals surface area contributed by atoms with Crippen LogP contribution < -0.4 is 5.32 Å². The van der Waals surface area contributed by atoms with Gasteiger partial charge < -0.3 is 19.3 Å². The van der Waals surface area contributed by atoms with Crippen molar-refractivity contribution in [3.05, 3.63) is 65.0 Å². The summed E-state index contributed by atoms with van der Waals surface area (Å²) in [5.74, 6) is -1.81. The molecule has 2 aromatic carbocycles. The highest BCUT2D eigenvalue weighted by Crippen LogP contribution is 2.46. The maximum atomic E-state index is 14.2. The zero-order valence-corrected chi connectivity index (χ0v) is 22.4. The Labute approximate surface area is 223 Å². The van der Waals surface area contributed by atoms with Crippen molar-refractivity contribution in [3.63, 3.8) is 0 Å². The van der Waals surface area contributed by atoms with Gasteiger partial charge in [0.15, 0.2) is 12.1 Å². The average molecular weight is 526 g/mol. The smallest absolute Gasteiger partial charge is 0.362 e. The summed E-state index contributed by atoms with van der Waals surface area (Å²) in [6.07, 6.45) is 6.11. The van der Waals surface area contributed by atoms with Crippen LogP contribution in [0.15, 0.2) is 42.5 Å². The number of nitrogens with zero attached hydrogens (tertiary/aromatic N) is 1. The van der Waals surface area contributed by atoms with Gasteiger partial charge >= 0.3 is 11.9 Å². The van der Waals surface area contributed by atoms with Gasteiger partial charge in [-0.25, -0.2) is 14.0 Å². The fourth-order valence-electron chi connectivity index (χ4n) is 6.00. The molecule has 0 bridgehead atoms. The van der Waals surface area contributed by atoms with Gasteiger partial charge in [0.2, 0.25) is 0 Å². The fourth-order valence-corrected chi connectivity index (χ4v) is 6.00. The standard InChI is InChI=1S/C30H37FN2O5/c1-3-37-28(35)25-19-24(31)18-22(2)27(25)32-29(36)30(14-11-15-30)33(16-9-4-5-10-17-33)20-26(34)38-21-23-12-7-6-8-13-23/h6-8,12-13,18-19H,3-5,9-11,14-17,20-21H2,1-2H3/p+1. The summed E-state index contributed by atoms with van der Waals surface area (Å²) >= 11 is 0. The summed E-state index contributed by atoms with van der Waals surface area (Å²) in [6, 6.07) is 11.9. The summed E-state index contributed by atoms with van der Waals surface area (Å²) in [5, 5.41) is 2.99. The first-order valence-corrected chi connectivity index (χ1v) is 13.6. The Bertz CT molecular complexity index is 1150. The van der Waals surface area contributed by atoms with E-state index in [-0.39, 0.29) is 42.9 Å². The monoisotopic (exact) mass is 525 g/mol. The molecule has 1 amide bonds. The number of anilines is 1. The fraction of sp³-hybridized carbons (Fsp3) is 0.500. The van der Waals surface area contributed by atoms with Crippen LogP contribution in [0.3, 0.4) is 0 Å². The number of esters is 2. The molecule has 38 heavy (non-hydrogen) atoms. The zero-order valence-electron chi connectivity index (χ0n) is 22.4. The number of amides is 1. The number of carbonyl (C=O) groups is 3. The third-order valence-electron chi connectivity index (χ3n) is 8.14. The lowest BCUT2D eigenvalue weighted by molar-refractivity contribution is -0.965. The zero-order chi connectivity index (χ0) is 27.2. The molecule has 8 heteroatoms. The lowest BCUT2D eigenvalue weighted by atomic mass is 9.71. The predicted octanol–water partition coefficient (Wildman–Crippen LogP) is 5.31. The minimum atomic E-state index is -0.817. The molecular formula is C30H38FN2O5+. The molecule has 0 unspecified atom stereocenters. The molecule has 2 aromatic rings. The maximum absolute atomic E-state index is 14.2. The molecule has 0 spiro atoms. The van der Waals surface area contributed by atoms with E-state index in [1.54, 1.807) is 13.8 Å². The van der Waals surface area contributed by atoms with E-state index in [1.165, 1.54) is 6.07 Å². The van der Waals surface area contributed by atoms with Crippen LogP contribution in [-0.2, 0) is 25.7 Å². The van der Waals surface area contributed by atoms with Crippen LogP contribution in [0, 0.1) is 12.7 Å². The van der Waals surface area contributed by atoms with Gasteiger partial charge in [0.1, 0.15) is 12.4 Å². The number of carbonyl (C=O) groups excluding carboxylic acids is 3. The van der Waals surface area contributed by atoms with Crippen molar-refractivity contribution in [1.82, 2.24) is 0 Å². The Balaban J connectivity index is 1.62. The predicted molar refractivity (Wildman–Crippen MR) is 142 cm³/mol. The van der Waals surface area contributed by atoms with Crippen molar-refractivity contribution in [3.8, 4) is 0 Å². The topological polar surface area (TPSA) is 81.7 Å². The van der Waals surface area contributed by atoms with Crippen molar-refractivity contribution >= 4 is 23.5 Å². The van der Waals surface area contributed by atoms with E-state index in [0.29, 0.717) is 36.0 Å². The molecule has 1 aliphatic heterocycles. The van der Waals surface area contributed by atoms with Crippen LogP contribution in [0.2, 0.25) is 0 Å². The Hall–Kier alpha value is -3.26. The first-order valence-electron chi connectivity index (χ1n) is 13.6. The molecule has 7 nitrogen and oxygen atoms in total. The van der Waals surface area contributed by atoms with Crippen molar-refractivity contribution in [2.45, 2.75) is 70.9 Å². The first kappa shape index (κ1) is 27.8. The summed E-state index contributed by atoms with van der Waals surface area (Å²) in [4.78, 5) is 40.0. The van der Waals surface area contributed by atoms with Crippen LogP contribution >= 0.6 is 0 Å². The lowest BCUT2D eigenvalue weighted by Gasteiger charge is -2.55. The second-order valence-electron chi connectivity index (χ2n) is 10.5. The summed E-state index contributed by atoms with van der Waals surface area (Å²) in [6.45, 7) is 5.20. The van der Waals surface area contributed by atoms with Gasteiger partial charge in [-0.3, -0.25) is 4.79 Å². The van der Waals surface area contributed by atoms with Gasteiger partial charge in [0, 0.05) is 12.8 Å². The van der Waals surface area contributed by atoms with Crippen molar-refractivity contribution < 1.29 is 32.7 Å². The van der Waals surface area contributed by atoms with Crippen molar-refractivity contribution in [2.24, 2.45) is 0 Å². The highest BCUT2D eigenvalue weighted by molar-refractivity contribution is 6.05. The van der Waals surface area contributed by atoms with Crippen LogP contribution in [0.5, 0.6) is 0 Å². The van der Waals surface area contributed by atoms with E-state index in [9.17, 15) is 18.8 Å². The van der Waals surface area contributed by atoms with Gasteiger partial charge in [-0.15, -0.1) is 0 Å². The van der Waals surface area contributed by atoms with Crippen LogP contribution in [0.25, 0.3) is 0 Å². The second kappa shape index (κ2) is 12.1. The SMILES string of the molecule is CCOC(=O)c1cc(F)cc(C)c1NC(=O)C1([N+]2(CC(=O)OCc3ccccc3)CCCCCC2)CCC1. The van der Waals surface area contributed by atoms with E-state index in [0.717, 1.165) is 43.7 Å². The maximum Gasteiger partial charge on any atom is 0.362 e. The quantitative estimate of drug-likeness (QED) is 0.355. The molecule has 1 saturated heterocycles. The van der Waals surface area contributed by atoms with E-state index < -0.39 is 17.3 Å². The highest BCUT2D eigenvalue weighted by atomic mass is 19.1. The van der Waals surface area contributed by atoms with Crippen LogP contribution in [-0.4, -0.2) is 54.1 Å². The minimum absolute atomic E-state index is 0.00291. The average Bonchev–Trinajstić information content (AvgIpc) is 3.10. The molecular weight excluding hydrogens is 487 g/mol. The van der Waals surface area contributed by atoms with E-state index in [2.05, 4.69) is 5.32 Å². The molecule has 0 atom stereocenters. The number of rotatable bonds is 9. The number of hydrogen-bond donors (Lipinski definition) is 1. The van der Waals surface area contributed by atoms with Crippen molar-refractivity contribution in [1.29, 1.82) is 0 Å². The lowest BCUT2D eigenvalue weighted by Crippen LogP contribution is -2.74. The minimum Gasteiger partial charge on any atom is -0.462 e. The van der Waals surface area contributed by atoms with Crippen LogP contribution in [0.1, 0.15) is 73.4 Å². The number of aryl methyl sites for hydroxylation is 1. The first-order chi connectivity index (χ1) is 18.3. The Morgan fingerprint density at radius 2 is 1.66 bits per heavy atom. The van der Waals surface area contributed by atoms with E-state index >= 15 is 0 Å². The number of quaternary nitrogens is 1. The molecule has 0 aromatic heterocycles. The number of benzene rings is 2. The number of ether oxygens (including phenoxy) is 2. The van der Waals surface area contributed by atoms with Gasteiger partial charge in [-0.05, 0) is 69.2 Å². The second-order valence-corrected chi connectivity index (χ2v) is 10.5. The van der Waals surface area contributed by atoms with Gasteiger partial charge in [0.05, 0.1) is 30.9 Å². The van der Waals surface area contributed by atoms with Gasteiger partial charge in [0.25, 0.3) is 5.91 Å². The highest BCUT2D eigenvalue weighted by Gasteiger charge is 2.61. The molecule has 1 heterocycles. The van der Waals surface area contributed by atoms with Crippen LogP contribution in [0.4, 0.5) is 10.1 Å². The molecule has 1 N–H and O–H groups in total. The molecule has 2 fully saturated rings. The summed E-state index contributed by atoms with van der Waals surface area (Å²) in [5.41, 5.74) is 0.805. The molecule has 4 rings (SSSR count). The Morgan fingerprint density at radius 1 is 0.974 bits per heavy atom. The Morgan fingerprint density at radius 3 is 2.26 bits per heavy atom. The number of nitrogens with one attached hydrogen (secondary N) is 1. The largest absolute Gasteiger partial charge is 0.462 e. The molecule has 2 aliphatic rings. The summed E-state index contributed by atoms with van der Waals surface area (Å²) < 4.78 is 25.4. The molecule has 0 radical (unpaired) electrons. The third kappa shape index (κ3) is 5.75. The molecule has 1 aliphatic carbocycles. The van der Waals surface area contributed by atoms with Gasteiger partial charge in [-0.2, -0.15) is 0 Å². The van der Waals surface area contributed by atoms with Crippen molar-refractivity contribution in [2.75, 3.05) is 31.6 Å². The molecule has 204 valence electrons. The van der Waals surface area contributed by atoms with Gasteiger partial charge in [-0.1, -0.05) is 30.3 Å². The third-order valence-corrected chi connectivity index (χ3v) is 8.14. The van der Waals surface area contributed by atoms with E-state index in [4.69, 9.17) is 9.47 Å². The Kier molecular flexibility index (Phi) is 8.82.